The molecule has 0 aliphatic heterocycles. The van der Waals surface area contributed by atoms with Crippen LogP contribution in [-0.4, -0.2) is 19.5 Å². The Kier molecular flexibility index (Phi) is 2.04. The van der Waals surface area contributed by atoms with Crippen LogP contribution in [0.2, 0.25) is 0 Å². The molecule has 2 aromatic rings. The number of rotatable bonds is 0. The lowest BCUT2D eigenvalue weighted by atomic mass is 10.1. The van der Waals surface area contributed by atoms with Gasteiger partial charge in [0.15, 0.2) is 11.2 Å². The van der Waals surface area contributed by atoms with Crippen LogP contribution < -0.4 is 11.3 Å². The summed E-state index contributed by atoms with van der Waals surface area (Å²) in [4.78, 5) is 22.4. The summed E-state index contributed by atoms with van der Waals surface area (Å²) in [5.41, 5.74) is 5.92. The quantitative estimate of drug-likeness (QED) is 0.687. The van der Waals surface area contributed by atoms with Crippen molar-refractivity contribution in [1.82, 2.24) is 19.5 Å². The van der Waals surface area contributed by atoms with E-state index in [-0.39, 0.29) is 17.0 Å². The second kappa shape index (κ2) is 3.07. The summed E-state index contributed by atoms with van der Waals surface area (Å²) in [6, 6.07) is 0. The summed E-state index contributed by atoms with van der Waals surface area (Å²) in [5, 5.41) is 0. The maximum atomic E-state index is 11.6. The zero-order chi connectivity index (χ0) is 12.1. The fraction of sp³-hybridized carbons (Fsp3) is 0.500. The van der Waals surface area contributed by atoms with E-state index in [0.29, 0.717) is 11.2 Å². The van der Waals surface area contributed by atoms with Gasteiger partial charge < -0.3 is 10.3 Å². The van der Waals surface area contributed by atoms with Crippen LogP contribution >= 0.6 is 0 Å². The van der Waals surface area contributed by atoms with E-state index in [2.05, 4.69) is 15.0 Å². The Bertz CT molecular complexity index is 602. The van der Waals surface area contributed by atoms with E-state index >= 15 is 0 Å². The molecule has 16 heavy (non-hydrogen) atoms. The van der Waals surface area contributed by atoms with Crippen LogP contribution in [0.3, 0.4) is 0 Å². The van der Waals surface area contributed by atoms with Crippen molar-refractivity contribution in [2.45, 2.75) is 33.2 Å². The number of fused-ring (bicyclic) bond motifs is 1. The Morgan fingerprint density at radius 1 is 1.31 bits per heavy atom. The van der Waals surface area contributed by atoms with Gasteiger partial charge in [-0.05, 0) is 27.7 Å². The highest BCUT2D eigenvalue weighted by molar-refractivity contribution is 5.71. The molecule has 0 radical (unpaired) electrons. The van der Waals surface area contributed by atoms with E-state index in [4.69, 9.17) is 5.73 Å². The maximum Gasteiger partial charge on any atom is 0.280 e. The van der Waals surface area contributed by atoms with Gasteiger partial charge in [-0.15, -0.1) is 0 Å². The molecule has 2 aromatic heterocycles. The lowest BCUT2D eigenvalue weighted by Crippen LogP contribution is -2.24. The molecule has 0 aliphatic carbocycles. The van der Waals surface area contributed by atoms with Gasteiger partial charge in [-0.1, -0.05) is 0 Å². The summed E-state index contributed by atoms with van der Waals surface area (Å²) in [6.45, 7) is 7.93. The number of hydrogen-bond acceptors (Lipinski definition) is 4. The van der Waals surface area contributed by atoms with Crippen LogP contribution in [0.4, 0.5) is 5.95 Å². The number of nitrogens with zero attached hydrogens (tertiary/aromatic N) is 3. The van der Waals surface area contributed by atoms with Gasteiger partial charge in [-0.25, -0.2) is 4.98 Å². The summed E-state index contributed by atoms with van der Waals surface area (Å²) in [6.07, 6.45) is 0. The highest BCUT2D eigenvalue weighted by Gasteiger charge is 2.21. The summed E-state index contributed by atoms with van der Waals surface area (Å²) >= 11 is 0. The number of hydrogen-bond donors (Lipinski definition) is 2. The molecule has 3 N–H and O–H groups in total. The van der Waals surface area contributed by atoms with Gasteiger partial charge >= 0.3 is 0 Å². The minimum Gasteiger partial charge on any atom is -0.369 e. The Morgan fingerprint density at radius 3 is 2.50 bits per heavy atom. The first-order valence-corrected chi connectivity index (χ1v) is 5.06. The van der Waals surface area contributed by atoms with E-state index in [0.717, 1.165) is 5.82 Å². The SMILES string of the molecule is Cc1nc2c(=O)[nH]c(N)nc2n1C(C)(C)C. The topological polar surface area (TPSA) is 89.6 Å². The normalized spacial score (nSPS) is 12.2. The molecule has 0 saturated heterocycles. The van der Waals surface area contributed by atoms with E-state index < -0.39 is 0 Å². The van der Waals surface area contributed by atoms with Crippen LogP contribution in [0, 0.1) is 6.92 Å². The third-order valence-corrected chi connectivity index (χ3v) is 2.37. The number of aromatic amines is 1. The number of anilines is 1. The first-order chi connectivity index (χ1) is 7.30. The molecule has 86 valence electrons. The summed E-state index contributed by atoms with van der Waals surface area (Å²) in [5.74, 6) is 0.869. The van der Waals surface area contributed by atoms with Crippen molar-refractivity contribution in [3.63, 3.8) is 0 Å². The van der Waals surface area contributed by atoms with Crippen molar-refractivity contribution in [2.24, 2.45) is 0 Å². The number of nitrogens with two attached hydrogens (primary N) is 1. The zero-order valence-electron chi connectivity index (χ0n) is 9.83. The molecule has 2 rings (SSSR count). The molecule has 6 nitrogen and oxygen atoms in total. The van der Waals surface area contributed by atoms with Gasteiger partial charge in [0, 0.05) is 5.54 Å². The van der Waals surface area contributed by atoms with Crippen LogP contribution in [-0.2, 0) is 5.54 Å². The van der Waals surface area contributed by atoms with Crippen LogP contribution in [0.25, 0.3) is 11.2 Å². The Hall–Kier alpha value is -1.85. The molecule has 6 heteroatoms. The van der Waals surface area contributed by atoms with Gasteiger partial charge in [0.1, 0.15) is 5.82 Å². The highest BCUT2D eigenvalue weighted by atomic mass is 16.1. The third kappa shape index (κ3) is 1.46. The molecule has 0 aromatic carbocycles. The second-order valence-electron chi connectivity index (χ2n) is 4.79. The van der Waals surface area contributed by atoms with Gasteiger partial charge in [0.05, 0.1) is 0 Å². The number of nitrogen functional groups attached to an aromatic ring is 1. The van der Waals surface area contributed by atoms with Crippen molar-refractivity contribution >= 4 is 17.1 Å². The largest absolute Gasteiger partial charge is 0.369 e. The van der Waals surface area contributed by atoms with E-state index in [1.165, 1.54) is 0 Å². The molecule has 0 amide bonds. The average Bonchev–Trinajstić information content (AvgIpc) is 2.40. The molecular weight excluding hydrogens is 206 g/mol. The Morgan fingerprint density at radius 2 is 1.94 bits per heavy atom. The molecule has 0 saturated carbocycles. The smallest absolute Gasteiger partial charge is 0.280 e. The van der Waals surface area contributed by atoms with Crippen molar-refractivity contribution in [3.05, 3.63) is 16.2 Å². The van der Waals surface area contributed by atoms with Crippen molar-refractivity contribution in [2.75, 3.05) is 5.73 Å². The van der Waals surface area contributed by atoms with Gasteiger partial charge in [-0.3, -0.25) is 9.78 Å². The third-order valence-electron chi connectivity index (χ3n) is 2.37. The van der Waals surface area contributed by atoms with Gasteiger partial charge in [0.25, 0.3) is 5.56 Å². The molecule has 0 bridgehead atoms. The first-order valence-electron chi connectivity index (χ1n) is 5.06. The Balaban J connectivity index is 2.95. The fourth-order valence-electron chi connectivity index (χ4n) is 1.90. The van der Waals surface area contributed by atoms with Gasteiger partial charge in [0.2, 0.25) is 5.95 Å². The highest BCUT2D eigenvalue weighted by Crippen LogP contribution is 2.21. The standard InChI is InChI=1S/C10H15N5O/c1-5-12-6-7(15(5)10(2,3)4)13-9(11)14-8(6)16/h1-4H3,(H3,11,13,14,16). The minimum absolute atomic E-state index is 0.114. The van der Waals surface area contributed by atoms with Crippen molar-refractivity contribution < 1.29 is 0 Å². The van der Waals surface area contributed by atoms with Crippen molar-refractivity contribution in [3.8, 4) is 0 Å². The van der Waals surface area contributed by atoms with Crippen LogP contribution in [0.1, 0.15) is 26.6 Å². The van der Waals surface area contributed by atoms with E-state index in [1.54, 1.807) is 0 Å². The molecule has 0 aliphatic rings. The lowest BCUT2D eigenvalue weighted by Gasteiger charge is -2.22. The molecule has 0 spiro atoms. The van der Waals surface area contributed by atoms with E-state index in [1.807, 2.05) is 32.3 Å². The predicted octanol–water partition coefficient (Wildman–Crippen LogP) is 0.765. The summed E-state index contributed by atoms with van der Waals surface area (Å²) in [7, 11) is 0. The number of aryl methyl sites for hydroxylation is 1. The molecule has 2 heterocycles. The molecule has 0 atom stereocenters. The first kappa shape index (κ1) is 10.7. The number of nitrogens with one attached hydrogen (secondary N) is 1. The predicted molar refractivity (Wildman–Crippen MR) is 62.3 cm³/mol. The molecule has 0 unspecified atom stereocenters. The zero-order valence-corrected chi connectivity index (χ0v) is 9.83. The summed E-state index contributed by atoms with van der Waals surface area (Å²) < 4.78 is 1.91. The second-order valence-corrected chi connectivity index (χ2v) is 4.79. The molecular formula is C10H15N5O. The Labute approximate surface area is 92.5 Å². The fourth-order valence-corrected chi connectivity index (χ4v) is 1.90. The van der Waals surface area contributed by atoms with E-state index in [9.17, 15) is 4.79 Å². The minimum atomic E-state index is -0.298. The number of imidazole rings is 1. The van der Waals surface area contributed by atoms with Crippen LogP contribution in [0.15, 0.2) is 4.79 Å². The maximum absolute atomic E-state index is 11.6. The lowest BCUT2D eigenvalue weighted by molar-refractivity contribution is 0.397. The number of H-pyrrole nitrogens is 1. The average molecular weight is 221 g/mol. The number of aromatic nitrogens is 4. The molecule has 0 fully saturated rings. The van der Waals surface area contributed by atoms with Gasteiger partial charge in [-0.2, -0.15) is 4.98 Å². The monoisotopic (exact) mass is 221 g/mol. The van der Waals surface area contributed by atoms with Crippen LogP contribution in [0.5, 0.6) is 0 Å². The van der Waals surface area contributed by atoms with Crippen molar-refractivity contribution in [1.29, 1.82) is 0 Å².